The first kappa shape index (κ1) is 14.5. The molecule has 3 rings (SSSR count). The van der Waals surface area contributed by atoms with Crippen LogP contribution in [0.25, 0.3) is 0 Å². The zero-order valence-electron chi connectivity index (χ0n) is 12.3. The van der Waals surface area contributed by atoms with Crippen molar-refractivity contribution in [2.75, 3.05) is 19.8 Å². The van der Waals surface area contributed by atoms with Gasteiger partial charge in [-0.2, -0.15) is 5.26 Å². The summed E-state index contributed by atoms with van der Waals surface area (Å²) < 4.78 is 11.2. The van der Waals surface area contributed by atoms with Crippen LogP contribution in [-0.2, 0) is 15.0 Å². The summed E-state index contributed by atoms with van der Waals surface area (Å²) in [5.74, 6) is 0. The fourth-order valence-corrected chi connectivity index (χ4v) is 2.77. The second-order valence-electron chi connectivity index (χ2n) is 5.91. The average Bonchev–Trinajstić information content (AvgIpc) is 3.19. The summed E-state index contributed by atoms with van der Waals surface area (Å²) in [4.78, 5) is 0. The molecule has 4 nitrogen and oxygen atoms in total. The second-order valence-corrected chi connectivity index (χ2v) is 5.91. The van der Waals surface area contributed by atoms with Crippen molar-refractivity contribution in [3.63, 3.8) is 0 Å². The lowest BCUT2D eigenvalue weighted by molar-refractivity contribution is 0.0334. The molecule has 21 heavy (non-hydrogen) atoms. The zero-order chi connectivity index (χ0) is 14.5. The minimum Gasteiger partial charge on any atom is -0.379 e. The maximum Gasteiger partial charge on any atom is 0.134 e. The average molecular weight is 286 g/mol. The third-order valence-electron chi connectivity index (χ3n) is 4.20. The molecule has 0 aromatic heterocycles. The molecule has 2 fully saturated rings. The molecule has 1 aromatic carbocycles. The number of hydrogen-bond donors (Lipinski definition) is 1. The molecule has 1 saturated carbocycles. The largest absolute Gasteiger partial charge is 0.379 e. The zero-order valence-corrected chi connectivity index (χ0v) is 12.3. The quantitative estimate of drug-likeness (QED) is 0.836. The Hall–Kier alpha value is -1.41. The third kappa shape index (κ3) is 3.62. The number of ether oxygens (including phenoxy) is 2. The molecule has 1 aliphatic carbocycles. The van der Waals surface area contributed by atoms with Gasteiger partial charge >= 0.3 is 0 Å². The van der Waals surface area contributed by atoms with Gasteiger partial charge in [0.25, 0.3) is 0 Å². The monoisotopic (exact) mass is 286 g/mol. The predicted molar refractivity (Wildman–Crippen MR) is 79.7 cm³/mol. The van der Waals surface area contributed by atoms with Gasteiger partial charge in [-0.3, -0.25) is 5.32 Å². The number of nitrogens with zero attached hydrogens (tertiary/aromatic N) is 1. The van der Waals surface area contributed by atoms with Crippen LogP contribution in [0.2, 0.25) is 0 Å². The van der Waals surface area contributed by atoms with E-state index in [0.29, 0.717) is 25.7 Å². The Morgan fingerprint density at radius 3 is 2.71 bits per heavy atom. The van der Waals surface area contributed by atoms with E-state index in [1.165, 1.54) is 0 Å². The molecular formula is C17H22N2O2. The molecule has 0 bridgehead atoms. The van der Waals surface area contributed by atoms with E-state index in [2.05, 4.69) is 11.4 Å². The minimum atomic E-state index is -0.637. The molecule has 1 aliphatic heterocycles. The predicted octanol–water partition coefficient (Wildman–Crippen LogP) is 2.35. The van der Waals surface area contributed by atoms with E-state index in [1.54, 1.807) is 0 Å². The van der Waals surface area contributed by atoms with Crippen molar-refractivity contribution in [3.05, 3.63) is 35.9 Å². The number of rotatable bonds is 7. The van der Waals surface area contributed by atoms with Gasteiger partial charge in [-0.25, -0.2) is 0 Å². The molecule has 2 aliphatic rings. The van der Waals surface area contributed by atoms with Gasteiger partial charge in [-0.15, -0.1) is 0 Å². The van der Waals surface area contributed by atoms with Gasteiger partial charge < -0.3 is 9.47 Å². The highest BCUT2D eigenvalue weighted by Gasteiger charge is 2.38. The number of benzene rings is 1. The Labute approximate surface area is 126 Å². The van der Waals surface area contributed by atoms with Crippen molar-refractivity contribution in [1.29, 1.82) is 5.26 Å². The van der Waals surface area contributed by atoms with Crippen molar-refractivity contribution in [1.82, 2.24) is 5.32 Å². The summed E-state index contributed by atoms with van der Waals surface area (Å²) >= 11 is 0. The Kier molecular flexibility index (Phi) is 4.54. The molecule has 4 heteroatoms. The van der Waals surface area contributed by atoms with E-state index in [1.807, 2.05) is 30.3 Å². The number of nitrogens with one attached hydrogen (secondary N) is 1. The lowest BCUT2D eigenvalue weighted by Crippen LogP contribution is -2.43. The fourth-order valence-electron chi connectivity index (χ4n) is 2.77. The van der Waals surface area contributed by atoms with Gasteiger partial charge in [-0.05, 0) is 24.8 Å². The Morgan fingerprint density at radius 2 is 2.10 bits per heavy atom. The Morgan fingerprint density at radius 1 is 1.29 bits per heavy atom. The van der Waals surface area contributed by atoms with Gasteiger partial charge in [0.2, 0.25) is 0 Å². The topological polar surface area (TPSA) is 54.3 Å². The first-order chi connectivity index (χ1) is 10.3. The van der Waals surface area contributed by atoms with Gasteiger partial charge in [0.1, 0.15) is 5.54 Å². The standard InChI is InChI=1S/C17H22N2O2/c18-13-17(19-15-6-7-15,14-4-2-1-3-5-14)9-11-21-16-8-10-20-12-16/h1-5,15-16,19H,6-12H2. The molecule has 0 radical (unpaired) electrons. The normalized spacial score (nSPS) is 24.4. The molecule has 1 heterocycles. The summed E-state index contributed by atoms with van der Waals surface area (Å²) in [5.41, 5.74) is 0.396. The molecule has 0 spiro atoms. The van der Waals surface area contributed by atoms with E-state index < -0.39 is 5.54 Å². The van der Waals surface area contributed by atoms with Crippen molar-refractivity contribution >= 4 is 0 Å². The van der Waals surface area contributed by atoms with Crippen molar-refractivity contribution in [3.8, 4) is 6.07 Å². The van der Waals surface area contributed by atoms with E-state index >= 15 is 0 Å². The van der Waals surface area contributed by atoms with E-state index in [-0.39, 0.29) is 6.10 Å². The maximum absolute atomic E-state index is 9.81. The molecule has 1 N–H and O–H groups in total. The highest BCUT2D eigenvalue weighted by Crippen LogP contribution is 2.31. The summed E-state index contributed by atoms with van der Waals surface area (Å²) in [6, 6.07) is 13.0. The smallest absolute Gasteiger partial charge is 0.134 e. The third-order valence-corrected chi connectivity index (χ3v) is 4.20. The number of hydrogen-bond acceptors (Lipinski definition) is 4. The molecule has 0 amide bonds. The maximum atomic E-state index is 9.81. The fraction of sp³-hybridized carbons (Fsp3) is 0.588. The van der Waals surface area contributed by atoms with Crippen molar-refractivity contribution < 1.29 is 9.47 Å². The minimum absolute atomic E-state index is 0.193. The summed E-state index contributed by atoms with van der Waals surface area (Å²) in [7, 11) is 0. The molecule has 1 aromatic rings. The highest BCUT2D eigenvalue weighted by molar-refractivity contribution is 5.32. The van der Waals surface area contributed by atoms with Crippen LogP contribution >= 0.6 is 0 Å². The first-order valence-electron chi connectivity index (χ1n) is 7.76. The number of nitriles is 1. The Bertz CT molecular complexity index is 489. The van der Waals surface area contributed by atoms with E-state index in [9.17, 15) is 5.26 Å². The first-order valence-corrected chi connectivity index (χ1v) is 7.76. The van der Waals surface area contributed by atoms with Crippen molar-refractivity contribution in [2.24, 2.45) is 0 Å². The van der Waals surface area contributed by atoms with Crippen LogP contribution in [0.1, 0.15) is 31.2 Å². The van der Waals surface area contributed by atoms with Crippen LogP contribution in [-0.4, -0.2) is 32.0 Å². The summed E-state index contributed by atoms with van der Waals surface area (Å²) in [6.45, 7) is 2.05. The second kappa shape index (κ2) is 6.57. The van der Waals surface area contributed by atoms with Crippen LogP contribution in [0, 0.1) is 11.3 Å². The van der Waals surface area contributed by atoms with E-state index in [0.717, 1.165) is 31.4 Å². The molecule has 2 unspecified atom stereocenters. The lowest BCUT2D eigenvalue weighted by Gasteiger charge is -2.29. The highest BCUT2D eigenvalue weighted by atomic mass is 16.5. The Balaban J connectivity index is 1.67. The van der Waals surface area contributed by atoms with Crippen LogP contribution in [0.3, 0.4) is 0 Å². The van der Waals surface area contributed by atoms with Gasteiger partial charge in [0.05, 0.1) is 25.4 Å². The molecule has 1 saturated heterocycles. The summed E-state index contributed by atoms with van der Waals surface area (Å²) in [5, 5.41) is 13.3. The van der Waals surface area contributed by atoms with Gasteiger partial charge in [-0.1, -0.05) is 30.3 Å². The van der Waals surface area contributed by atoms with Crippen LogP contribution in [0.15, 0.2) is 30.3 Å². The lowest BCUT2D eigenvalue weighted by atomic mass is 9.88. The van der Waals surface area contributed by atoms with Crippen LogP contribution in [0.5, 0.6) is 0 Å². The van der Waals surface area contributed by atoms with Crippen LogP contribution in [0.4, 0.5) is 0 Å². The van der Waals surface area contributed by atoms with Crippen LogP contribution < -0.4 is 5.32 Å². The molecule has 2 atom stereocenters. The summed E-state index contributed by atoms with van der Waals surface area (Å²) in [6.07, 6.45) is 4.14. The van der Waals surface area contributed by atoms with Crippen molar-refractivity contribution in [2.45, 2.75) is 43.4 Å². The molecule has 112 valence electrons. The van der Waals surface area contributed by atoms with E-state index in [4.69, 9.17) is 9.47 Å². The SMILES string of the molecule is N#CC(CCOC1CCOC1)(NC1CC1)c1ccccc1. The molecular weight excluding hydrogens is 264 g/mol. The van der Waals surface area contributed by atoms with Gasteiger partial charge in [0.15, 0.2) is 0 Å². The van der Waals surface area contributed by atoms with Gasteiger partial charge in [0, 0.05) is 19.1 Å².